The number of nitrogens with zero attached hydrogens (tertiary/aromatic N) is 2. The second-order valence-electron chi connectivity index (χ2n) is 9.50. The number of hydrogen-bond donors (Lipinski definition) is 4. The van der Waals surface area contributed by atoms with Gasteiger partial charge in [0.2, 0.25) is 5.78 Å². The number of methoxy groups -OCH3 is 1. The molecule has 0 radical (unpaired) electrons. The number of Topliss-reactive ketones (excluding diaryl/α,β-unsaturated/α-hetero) is 2. The van der Waals surface area contributed by atoms with Crippen molar-refractivity contribution in [3.05, 3.63) is 40.2 Å². The van der Waals surface area contributed by atoms with Crippen LogP contribution in [0.25, 0.3) is 5.76 Å². The summed E-state index contributed by atoms with van der Waals surface area (Å²) in [5, 5.41) is 33.8. The quantitative estimate of drug-likeness (QED) is 0.455. The molecule has 10 heteroatoms. The van der Waals surface area contributed by atoms with Gasteiger partial charge in [0.25, 0.3) is 5.91 Å². The zero-order chi connectivity index (χ0) is 25.3. The first-order valence-electron chi connectivity index (χ1n) is 10.9. The molecule has 1 aromatic rings. The van der Waals surface area contributed by atoms with Crippen LogP contribution in [0, 0.1) is 11.8 Å². The van der Waals surface area contributed by atoms with E-state index in [0.29, 0.717) is 17.7 Å². The lowest BCUT2D eigenvalue weighted by Gasteiger charge is -2.50. The first kappa shape index (κ1) is 23.8. The van der Waals surface area contributed by atoms with Gasteiger partial charge in [0.1, 0.15) is 22.8 Å². The average Bonchev–Trinajstić information content (AvgIpc) is 2.74. The number of carbonyl (C=O) groups is 3. The number of amides is 1. The fraction of sp³-hybridized carbons (Fsp3) is 0.458. The van der Waals surface area contributed by atoms with Gasteiger partial charge in [-0.1, -0.05) is 0 Å². The second-order valence-corrected chi connectivity index (χ2v) is 9.50. The van der Waals surface area contributed by atoms with E-state index in [1.54, 1.807) is 20.2 Å². The van der Waals surface area contributed by atoms with Gasteiger partial charge in [0.15, 0.2) is 11.4 Å². The van der Waals surface area contributed by atoms with E-state index in [4.69, 9.17) is 10.5 Å². The van der Waals surface area contributed by atoms with E-state index in [1.165, 1.54) is 12.0 Å². The van der Waals surface area contributed by atoms with Gasteiger partial charge < -0.3 is 30.7 Å². The van der Waals surface area contributed by atoms with Gasteiger partial charge in [0.05, 0.1) is 18.7 Å². The number of likely N-dealkylation sites (N-methyl/N-ethyl adjacent to an activating group) is 1. The Hall–Kier alpha value is -3.37. The molecular weight excluding hydrogens is 442 g/mol. The summed E-state index contributed by atoms with van der Waals surface area (Å²) in [5.41, 5.74) is 3.83. The van der Waals surface area contributed by atoms with E-state index >= 15 is 0 Å². The van der Waals surface area contributed by atoms with E-state index in [1.807, 2.05) is 25.1 Å². The van der Waals surface area contributed by atoms with Crippen LogP contribution in [0.5, 0.6) is 5.75 Å². The van der Waals surface area contributed by atoms with E-state index in [-0.39, 0.29) is 17.8 Å². The number of fused-ring (bicyclic) bond motifs is 3. The maximum Gasteiger partial charge on any atom is 0.255 e. The maximum absolute atomic E-state index is 13.8. The van der Waals surface area contributed by atoms with Crippen molar-refractivity contribution in [1.82, 2.24) is 4.90 Å². The summed E-state index contributed by atoms with van der Waals surface area (Å²) in [6.45, 7) is 0. The van der Waals surface area contributed by atoms with Crippen LogP contribution >= 0.6 is 0 Å². The molecule has 1 aromatic carbocycles. The Morgan fingerprint density at radius 3 is 2.35 bits per heavy atom. The molecule has 0 spiro atoms. The van der Waals surface area contributed by atoms with E-state index in [0.717, 1.165) is 11.3 Å². The molecular formula is C24H29N3O7. The van der Waals surface area contributed by atoms with E-state index < -0.39 is 52.3 Å². The number of ketones is 2. The Kier molecular flexibility index (Phi) is 5.49. The Bertz CT molecular complexity index is 1180. The highest BCUT2D eigenvalue weighted by atomic mass is 16.5. The minimum Gasteiger partial charge on any atom is -0.508 e. The van der Waals surface area contributed by atoms with Crippen molar-refractivity contribution >= 4 is 28.9 Å². The van der Waals surface area contributed by atoms with Crippen molar-refractivity contribution in [3.63, 3.8) is 0 Å². The molecule has 5 N–H and O–H groups in total. The third kappa shape index (κ3) is 2.98. The summed E-state index contributed by atoms with van der Waals surface area (Å²) in [6, 6.07) is 2.47. The number of anilines is 1. The molecule has 1 fully saturated rings. The highest BCUT2D eigenvalue weighted by Crippen LogP contribution is 2.53. The van der Waals surface area contributed by atoms with Crippen molar-refractivity contribution in [2.75, 3.05) is 40.2 Å². The summed E-state index contributed by atoms with van der Waals surface area (Å²) < 4.78 is 5.44. The smallest absolute Gasteiger partial charge is 0.255 e. The largest absolute Gasteiger partial charge is 0.508 e. The Morgan fingerprint density at radius 1 is 1.18 bits per heavy atom. The molecule has 1 unspecified atom stereocenters. The normalized spacial score (nSPS) is 28.5. The summed E-state index contributed by atoms with van der Waals surface area (Å²) in [4.78, 5) is 42.3. The zero-order valence-electron chi connectivity index (χ0n) is 19.7. The molecule has 182 valence electrons. The first-order chi connectivity index (χ1) is 15.9. The van der Waals surface area contributed by atoms with Gasteiger partial charge in [0, 0.05) is 31.3 Å². The highest BCUT2D eigenvalue weighted by molar-refractivity contribution is 6.24. The molecule has 3 aliphatic carbocycles. The van der Waals surface area contributed by atoms with Gasteiger partial charge in [-0.05, 0) is 50.6 Å². The van der Waals surface area contributed by atoms with Crippen LogP contribution in [0.2, 0.25) is 0 Å². The zero-order valence-corrected chi connectivity index (χ0v) is 19.7. The number of primary amides is 1. The van der Waals surface area contributed by atoms with Crippen molar-refractivity contribution in [3.8, 4) is 5.75 Å². The van der Waals surface area contributed by atoms with Gasteiger partial charge in [-0.15, -0.1) is 0 Å². The van der Waals surface area contributed by atoms with E-state index in [2.05, 4.69) is 0 Å². The lowest BCUT2D eigenvalue weighted by atomic mass is 9.57. The molecule has 3 aliphatic rings. The molecule has 0 saturated heterocycles. The van der Waals surface area contributed by atoms with Crippen LogP contribution in [0.15, 0.2) is 29.0 Å². The molecule has 0 aliphatic heterocycles. The third-order valence-electron chi connectivity index (χ3n) is 7.26. The fourth-order valence-corrected chi connectivity index (χ4v) is 5.80. The van der Waals surface area contributed by atoms with Crippen LogP contribution in [0.3, 0.4) is 0 Å². The van der Waals surface area contributed by atoms with Crippen molar-refractivity contribution in [2.45, 2.75) is 24.5 Å². The number of aliphatic hydroxyl groups excluding tert-OH is 2. The van der Waals surface area contributed by atoms with Crippen molar-refractivity contribution in [1.29, 1.82) is 0 Å². The molecule has 4 atom stereocenters. The van der Waals surface area contributed by atoms with Crippen LogP contribution in [-0.4, -0.2) is 84.6 Å². The Labute approximate surface area is 196 Å². The summed E-state index contributed by atoms with van der Waals surface area (Å²) in [6.07, 6.45) is 0.453. The van der Waals surface area contributed by atoms with Crippen molar-refractivity contribution < 1.29 is 34.4 Å². The molecule has 1 saturated carbocycles. The van der Waals surface area contributed by atoms with Gasteiger partial charge in [-0.3, -0.25) is 19.3 Å². The molecule has 0 aromatic heterocycles. The number of hydrogen-bond acceptors (Lipinski definition) is 9. The summed E-state index contributed by atoms with van der Waals surface area (Å²) in [7, 11) is 8.34. The molecule has 34 heavy (non-hydrogen) atoms. The van der Waals surface area contributed by atoms with Crippen molar-refractivity contribution in [2.24, 2.45) is 17.6 Å². The first-order valence-corrected chi connectivity index (χ1v) is 10.9. The number of rotatable bonds is 4. The van der Waals surface area contributed by atoms with Crippen LogP contribution in [-0.2, 0) is 20.8 Å². The SMILES string of the molecule is COc1ccc(N(C)C)c2c1C(O)=C1C(=O)[C@]3(O)C(O)=C(C(N)=O)C(=O)C(N(C)C)[C@@H]3C[C@@H]1C2. The van der Waals surface area contributed by atoms with Gasteiger partial charge in [-0.25, -0.2) is 0 Å². The summed E-state index contributed by atoms with van der Waals surface area (Å²) >= 11 is 0. The predicted molar refractivity (Wildman–Crippen MR) is 123 cm³/mol. The number of benzene rings is 1. The predicted octanol–water partition coefficient (Wildman–Crippen LogP) is 0.333. The number of carbonyl (C=O) groups excluding carboxylic acids is 3. The van der Waals surface area contributed by atoms with Gasteiger partial charge in [-0.2, -0.15) is 0 Å². The molecule has 0 heterocycles. The fourth-order valence-electron chi connectivity index (χ4n) is 5.80. The van der Waals surface area contributed by atoms with Crippen LogP contribution < -0.4 is 15.4 Å². The molecule has 4 rings (SSSR count). The third-order valence-corrected chi connectivity index (χ3v) is 7.26. The minimum absolute atomic E-state index is 0.0670. The lowest BCUT2D eigenvalue weighted by molar-refractivity contribution is -0.153. The minimum atomic E-state index is -2.59. The second kappa shape index (κ2) is 7.85. The number of ether oxygens (including phenoxy) is 1. The van der Waals surface area contributed by atoms with Crippen LogP contribution in [0.4, 0.5) is 5.69 Å². The molecule has 10 nitrogen and oxygen atoms in total. The number of nitrogens with two attached hydrogens (primary N) is 1. The standard InChI is InChI=1S/C24H29N3O7/c1-26(2)13-6-7-14(34-5)16-11(13)8-10-9-12-18(27(3)4)20(29)17(23(25)32)22(31)24(12,33)21(30)15(10)19(16)28/h6-7,10,12,18,28,31,33H,8-9H2,1-5H3,(H2,25,32)/t10-,12-,18?,24-/m0/s1. The Morgan fingerprint density at radius 2 is 1.82 bits per heavy atom. The molecule has 1 amide bonds. The van der Waals surface area contributed by atoms with E-state index in [9.17, 15) is 29.7 Å². The lowest BCUT2D eigenvalue weighted by Crippen LogP contribution is -2.65. The summed E-state index contributed by atoms with van der Waals surface area (Å²) in [5.74, 6) is -5.58. The highest BCUT2D eigenvalue weighted by Gasteiger charge is 2.64. The topological polar surface area (TPSA) is 154 Å². The van der Waals surface area contributed by atoms with Gasteiger partial charge >= 0.3 is 0 Å². The monoisotopic (exact) mass is 471 g/mol. The molecule has 0 bridgehead atoms. The average molecular weight is 472 g/mol. The Balaban J connectivity index is 2.00. The number of aliphatic hydroxyl groups is 3. The maximum atomic E-state index is 13.8. The van der Waals surface area contributed by atoms with Crippen LogP contribution in [0.1, 0.15) is 17.5 Å².